The van der Waals surface area contributed by atoms with E-state index in [1.165, 1.54) is 77.0 Å². The van der Waals surface area contributed by atoms with Gasteiger partial charge in [0.05, 0.1) is 0 Å². The van der Waals surface area contributed by atoms with E-state index in [0.29, 0.717) is 41.2 Å². The molecule has 2 heterocycles. The van der Waals surface area contributed by atoms with Crippen LogP contribution in [0.5, 0.6) is 0 Å². The zero-order chi connectivity index (χ0) is 36.7. The molecule has 2 aromatic rings. The summed E-state index contributed by atoms with van der Waals surface area (Å²) in [5.74, 6) is 9.12. The van der Waals surface area contributed by atoms with E-state index in [0.717, 1.165) is 71.0 Å². The van der Waals surface area contributed by atoms with Crippen LogP contribution in [0.3, 0.4) is 0 Å². The van der Waals surface area contributed by atoms with E-state index in [4.69, 9.17) is 0 Å². The molecule has 4 fully saturated rings. The van der Waals surface area contributed by atoms with Gasteiger partial charge in [-0.3, -0.25) is 0 Å². The van der Waals surface area contributed by atoms with Crippen molar-refractivity contribution in [2.45, 2.75) is 184 Å². The van der Waals surface area contributed by atoms with Crippen molar-refractivity contribution in [2.75, 3.05) is 0 Å². The number of hydrogen-bond acceptors (Lipinski definition) is 0. The van der Waals surface area contributed by atoms with Gasteiger partial charge in [-0.15, -0.1) is 0 Å². The molecule has 2 aromatic heterocycles. The summed E-state index contributed by atoms with van der Waals surface area (Å²) >= 11 is 0.368. The van der Waals surface area contributed by atoms with Gasteiger partial charge in [-0.2, -0.15) is 0 Å². The number of aromatic nitrogens is 4. The maximum atomic E-state index is 2.92. The van der Waals surface area contributed by atoms with E-state index in [2.05, 4.69) is 126 Å². The Morgan fingerprint density at radius 2 is 0.608 bits per heavy atom. The van der Waals surface area contributed by atoms with Crippen molar-refractivity contribution in [1.29, 1.82) is 0 Å². The van der Waals surface area contributed by atoms with Crippen LogP contribution in [0, 0.1) is 78.8 Å². The van der Waals surface area contributed by atoms with Gasteiger partial charge in [0.2, 0.25) is 0 Å². The first-order valence-corrected chi connectivity index (χ1v) is 23.6. The number of hydrogen-bond donors (Lipinski definition) is 0. The van der Waals surface area contributed by atoms with Gasteiger partial charge in [0.15, 0.2) is 0 Å². The SMILES string of the molecule is CC1CCC(C(C)C)C(n2ccn(C3CC(C)CCC3C(C)C)[c]2=[Pd]=[c]2n(C3CC(C)CCC3C(C)C)ccn2C2CC(C)CCC2C(C)C)C1. The van der Waals surface area contributed by atoms with Crippen molar-refractivity contribution in [1.82, 2.24) is 18.3 Å². The van der Waals surface area contributed by atoms with Gasteiger partial charge in [0.1, 0.15) is 0 Å². The number of rotatable bonds is 8. The molecule has 0 spiro atoms. The zero-order valence-corrected chi connectivity index (χ0v) is 36.7. The molecule has 0 N–H and O–H groups in total. The molecule has 0 radical (unpaired) electrons. The topological polar surface area (TPSA) is 19.7 Å². The molecule has 4 aliphatic carbocycles. The molecule has 12 unspecified atom stereocenters. The Kier molecular flexibility index (Phi) is 13.1. The van der Waals surface area contributed by atoms with Gasteiger partial charge in [-0.25, -0.2) is 0 Å². The van der Waals surface area contributed by atoms with Gasteiger partial charge < -0.3 is 0 Å². The second kappa shape index (κ2) is 16.8. The molecule has 4 nitrogen and oxygen atoms in total. The molecular weight excluding hydrogens is 715 g/mol. The average Bonchev–Trinajstić information content (AvgIpc) is 3.68. The van der Waals surface area contributed by atoms with Crippen LogP contribution >= 0.6 is 0 Å². The molecule has 6 rings (SSSR count). The van der Waals surface area contributed by atoms with Crippen LogP contribution in [-0.4, -0.2) is 18.3 Å². The van der Waals surface area contributed by atoms with E-state index in [-0.39, 0.29) is 0 Å². The van der Waals surface area contributed by atoms with Crippen LogP contribution in [0.25, 0.3) is 0 Å². The van der Waals surface area contributed by atoms with Gasteiger partial charge in [0, 0.05) is 0 Å². The van der Waals surface area contributed by atoms with Crippen LogP contribution in [-0.2, 0) is 17.1 Å². The van der Waals surface area contributed by atoms with Crippen molar-refractivity contribution < 1.29 is 17.1 Å². The third-order valence-corrected chi connectivity index (χ3v) is 17.4. The summed E-state index contributed by atoms with van der Waals surface area (Å²) in [6, 6.07) is 2.43. The molecule has 51 heavy (non-hydrogen) atoms. The second-order valence-electron chi connectivity index (χ2n) is 20.4. The van der Waals surface area contributed by atoms with Gasteiger partial charge >= 0.3 is 323 Å². The molecular formula is C46H80N4Pd. The monoisotopic (exact) mass is 795 g/mol. The summed E-state index contributed by atoms with van der Waals surface area (Å²) in [4.78, 5) is 0. The Labute approximate surface area is 321 Å². The molecule has 0 aliphatic heterocycles. The van der Waals surface area contributed by atoms with Crippen molar-refractivity contribution in [3.8, 4) is 0 Å². The third-order valence-electron chi connectivity index (χ3n) is 15.1. The molecule has 5 heteroatoms. The predicted octanol–water partition coefficient (Wildman–Crippen LogP) is 13.3. The van der Waals surface area contributed by atoms with E-state index in [9.17, 15) is 0 Å². The fourth-order valence-electron chi connectivity index (χ4n) is 11.8. The van der Waals surface area contributed by atoms with E-state index in [1.54, 1.807) is 7.78 Å². The van der Waals surface area contributed by atoms with Crippen molar-refractivity contribution in [3.05, 3.63) is 32.6 Å². The fourth-order valence-corrected chi connectivity index (χ4v) is 14.5. The first-order chi connectivity index (χ1) is 24.2. The first-order valence-electron chi connectivity index (χ1n) is 22.1. The molecule has 0 aromatic carbocycles. The van der Waals surface area contributed by atoms with Crippen LogP contribution in [0.4, 0.5) is 0 Å². The zero-order valence-electron chi connectivity index (χ0n) is 35.1. The quantitative estimate of drug-likeness (QED) is 0.237. The Bertz CT molecular complexity index is 1340. The summed E-state index contributed by atoms with van der Waals surface area (Å²) in [7, 11) is 0. The van der Waals surface area contributed by atoms with Crippen molar-refractivity contribution in [2.24, 2.45) is 71.0 Å². The van der Waals surface area contributed by atoms with E-state index < -0.39 is 0 Å². The minimum absolute atomic E-state index is 0.368. The average molecular weight is 796 g/mol. The van der Waals surface area contributed by atoms with Crippen LogP contribution in [0.1, 0.15) is 184 Å². The summed E-state index contributed by atoms with van der Waals surface area (Å²) in [6.45, 7) is 30.2. The Balaban J connectivity index is 1.70. The van der Waals surface area contributed by atoms with Gasteiger partial charge in [-0.05, 0) is 0 Å². The Morgan fingerprint density at radius 3 is 0.804 bits per heavy atom. The molecule has 0 saturated heterocycles. The third kappa shape index (κ3) is 8.51. The number of nitrogens with zero attached hydrogens (tertiary/aromatic N) is 4. The summed E-state index contributed by atoms with van der Waals surface area (Å²) in [5, 5.41) is 0. The van der Waals surface area contributed by atoms with Gasteiger partial charge in [0.25, 0.3) is 0 Å². The summed E-state index contributed by atoms with van der Waals surface area (Å²) in [5.41, 5.74) is 0. The first kappa shape index (κ1) is 39.8. The van der Waals surface area contributed by atoms with Gasteiger partial charge in [-0.1, -0.05) is 0 Å². The van der Waals surface area contributed by atoms with Crippen LogP contribution < -0.4 is 0 Å². The molecule has 294 valence electrons. The fraction of sp³-hybridized carbons (Fsp3) is 0.870. The minimum atomic E-state index is 0.368. The number of imidazole rings is 2. The normalized spacial score (nSPS) is 36.9. The molecule has 12 atom stereocenters. The Morgan fingerprint density at radius 1 is 0.392 bits per heavy atom. The van der Waals surface area contributed by atoms with E-state index >= 15 is 0 Å². The molecule has 4 saturated carbocycles. The molecule has 0 amide bonds. The molecule has 0 bridgehead atoms. The van der Waals surface area contributed by atoms with Crippen LogP contribution in [0.15, 0.2) is 24.8 Å². The summed E-state index contributed by atoms with van der Waals surface area (Å²) < 4.78 is 15.0. The van der Waals surface area contributed by atoms with Crippen LogP contribution in [0.2, 0.25) is 0 Å². The molecule has 4 aliphatic rings. The predicted molar refractivity (Wildman–Crippen MR) is 213 cm³/mol. The Hall–Kier alpha value is -0.918. The van der Waals surface area contributed by atoms with Crippen molar-refractivity contribution >= 4 is 0 Å². The maximum absolute atomic E-state index is 2.92. The summed E-state index contributed by atoms with van der Waals surface area (Å²) in [6.07, 6.45) is 26.8. The van der Waals surface area contributed by atoms with Crippen molar-refractivity contribution in [3.63, 3.8) is 0 Å². The second-order valence-corrected chi connectivity index (χ2v) is 22.1. The standard InChI is InChI=1S/2C23H40N2.Pd/c2*1-16(2)20-9-7-18(5)13-22(20)24-11-12-25(15-24)23-14-19(6)8-10-21(23)17(3)4;/h2*11-12,16-23H,7-10,13-14H2,1-6H3;. The van der Waals surface area contributed by atoms with E-state index in [1.807, 2.05) is 0 Å².